The van der Waals surface area contributed by atoms with Gasteiger partial charge in [0.1, 0.15) is 12.2 Å². The molecule has 1 aliphatic rings. The number of aromatic nitrogens is 2. The molecule has 1 fully saturated rings. The van der Waals surface area contributed by atoms with Crippen LogP contribution in [0.3, 0.4) is 0 Å². The summed E-state index contributed by atoms with van der Waals surface area (Å²) in [6.07, 6.45) is -6.86. The maximum absolute atomic E-state index is 12.5. The predicted octanol–water partition coefficient (Wildman–Crippen LogP) is 2.54. The summed E-state index contributed by atoms with van der Waals surface area (Å²) in [7, 11) is -9.85. The molecule has 4 rings (SSSR count). The first-order valence-electron chi connectivity index (χ1n) is 11.7. The quantitative estimate of drug-likeness (QED) is 0.151. The summed E-state index contributed by atoms with van der Waals surface area (Å²) in [6, 6.07) is 15.6. The van der Waals surface area contributed by atoms with Crippen LogP contribution in [0.25, 0.3) is 0 Å². The molecule has 6 atom stereocenters. The number of aliphatic hydroxyl groups is 1. The summed E-state index contributed by atoms with van der Waals surface area (Å²) in [5.41, 5.74) is -0.948. The molecule has 0 saturated carbocycles. The van der Waals surface area contributed by atoms with Crippen LogP contribution in [0.1, 0.15) is 11.8 Å². The Morgan fingerprint density at radius 1 is 1.07 bits per heavy atom. The van der Waals surface area contributed by atoms with Crippen molar-refractivity contribution < 1.29 is 47.1 Å². The number of nitrogens with zero attached hydrogens (tertiary/aromatic N) is 1. The third-order valence-corrected chi connectivity index (χ3v) is 9.44. The number of halogens is 1. The van der Waals surface area contributed by atoms with Crippen LogP contribution < -0.4 is 16.6 Å². The number of anilines is 1. The molecule has 0 radical (unpaired) electrons. The SMILES string of the molecule is O=C(Nc1ccccc1)O[C@@H]1[C@H](O)[C@@H](COP(=O)(O)OP(=O)(O)Cc2ccc(I)cc2)O[C@H]1n1ccc(=O)[nH]c1=O. The van der Waals surface area contributed by atoms with Gasteiger partial charge in [-0.05, 0) is 52.4 Å². The number of phosphoric ester groups is 1. The number of rotatable bonds is 10. The van der Waals surface area contributed by atoms with Crippen molar-refractivity contribution in [2.75, 3.05) is 11.9 Å². The smallest absolute Gasteiger partial charge is 0.438 e. The minimum atomic E-state index is -5.18. The van der Waals surface area contributed by atoms with Crippen molar-refractivity contribution in [1.82, 2.24) is 9.55 Å². The Labute approximate surface area is 245 Å². The molecule has 5 N–H and O–H groups in total. The van der Waals surface area contributed by atoms with E-state index in [0.29, 0.717) is 11.3 Å². The molecule has 0 spiro atoms. The second-order valence-corrected chi connectivity index (χ2v) is 13.4. The molecule has 220 valence electrons. The molecule has 2 heterocycles. The largest absolute Gasteiger partial charge is 0.479 e. The maximum Gasteiger partial charge on any atom is 0.479 e. The topological polar surface area (TPSA) is 216 Å². The van der Waals surface area contributed by atoms with Crippen LogP contribution in [0.15, 0.2) is 76.4 Å². The summed E-state index contributed by atoms with van der Waals surface area (Å²) in [4.78, 5) is 58.7. The van der Waals surface area contributed by atoms with Gasteiger partial charge in [-0.25, -0.2) is 18.5 Å². The third-order valence-electron chi connectivity index (χ3n) is 5.63. The Morgan fingerprint density at radius 3 is 2.41 bits per heavy atom. The molecular formula is C23H24IN3O12P2. The van der Waals surface area contributed by atoms with E-state index < -0.39 is 70.1 Å². The number of H-pyrrole nitrogens is 1. The lowest BCUT2D eigenvalue weighted by Crippen LogP contribution is -2.41. The molecule has 0 aliphatic carbocycles. The monoisotopic (exact) mass is 723 g/mol. The summed E-state index contributed by atoms with van der Waals surface area (Å²) < 4.78 is 47.0. The Bertz CT molecular complexity index is 1580. The molecule has 1 aromatic heterocycles. The number of hydrogen-bond donors (Lipinski definition) is 5. The van der Waals surface area contributed by atoms with Crippen LogP contribution >= 0.6 is 38.0 Å². The van der Waals surface area contributed by atoms with Gasteiger partial charge < -0.3 is 24.4 Å². The fourth-order valence-corrected chi connectivity index (χ4v) is 6.91. The summed E-state index contributed by atoms with van der Waals surface area (Å²) in [5.74, 6) is 0. The zero-order chi connectivity index (χ0) is 29.8. The van der Waals surface area contributed by atoms with Gasteiger partial charge in [-0.3, -0.25) is 28.8 Å². The van der Waals surface area contributed by atoms with Crippen molar-refractivity contribution >= 4 is 49.8 Å². The van der Waals surface area contributed by atoms with E-state index in [1.54, 1.807) is 54.6 Å². The van der Waals surface area contributed by atoms with Gasteiger partial charge in [-0.2, -0.15) is 0 Å². The van der Waals surface area contributed by atoms with E-state index in [9.17, 15) is 38.4 Å². The van der Waals surface area contributed by atoms with Gasteiger partial charge in [0.2, 0.25) is 0 Å². The first-order valence-corrected chi connectivity index (χ1v) is 16.1. The second kappa shape index (κ2) is 13.1. The number of benzene rings is 2. The molecule has 1 aliphatic heterocycles. The number of phosphoric acid groups is 1. The van der Waals surface area contributed by atoms with Gasteiger partial charge >= 0.3 is 27.2 Å². The van der Waals surface area contributed by atoms with Crippen LogP contribution in [0.2, 0.25) is 0 Å². The number of nitrogens with one attached hydrogen (secondary N) is 2. The Morgan fingerprint density at radius 2 is 1.76 bits per heavy atom. The van der Waals surface area contributed by atoms with Crippen molar-refractivity contribution in [3.05, 3.63) is 96.8 Å². The van der Waals surface area contributed by atoms with E-state index >= 15 is 0 Å². The normalized spacial score (nSPS) is 23.3. The van der Waals surface area contributed by atoms with Crippen molar-refractivity contribution in [2.24, 2.45) is 0 Å². The molecule has 2 unspecified atom stereocenters. The van der Waals surface area contributed by atoms with E-state index in [1.807, 2.05) is 27.6 Å². The van der Waals surface area contributed by atoms with E-state index in [1.165, 1.54) is 0 Å². The summed E-state index contributed by atoms with van der Waals surface area (Å²) in [5, 5.41) is 13.3. The van der Waals surface area contributed by atoms with Gasteiger partial charge in [0, 0.05) is 21.5 Å². The highest BCUT2D eigenvalue weighted by Gasteiger charge is 2.49. The van der Waals surface area contributed by atoms with Gasteiger partial charge in [-0.15, -0.1) is 0 Å². The first-order chi connectivity index (χ1) is 19.3. The Kier molecular flexibility index (Phi) is 10.00. The zero-order valence-corrected chi connectivity index (χ0v) is 24.8. The third kappa shape index (κ3) is 8.67. The minimum absolute atomic E-state index is 0.362. The first kappa shape index (κ1) is 31.3. The highest BCUT2D eigenvalue weighted by atomic mass is 127. The maximum atomic E-state index is 12.5. The number of aliphatic hydroxyl groups excluding tert-OH is 1. The highest BCUT2D eigenvalue weighted by molar-refractivity contribution is 14.1. The second-order valence-electron chi connectivity index (χ2n) is 8.70. The molecule has 2 aromatic carbocycles. The standard InChI is InChI=1S/C23H24IN3O12P2/c24-15-8-6-14(7-9-15)13-40(32,33)39-41(34,35)36-12-17-19(29)20(38-23(31)25-16-4-2-1-3-5-16)21(37-17)27-11-10-18(28)26-22(27)30/h1-11,17,19-21,29H,12-13H2,(H,25,31)(H,32,33)(H,34,35)(H,26,28,30)/t17-,19-,20-,21-/m1/s1. The lowest BCUT2D eigenvalue weighted by atomic mass is 10.1. The number of para-hydroxylation sites is 1. The summed E-state index contributed by atoms with van der Waals surface area (Å²) >= 11 is 2.04. The molecule has 3 aromatic rings. The molecule has 41 heavy (non-hydrogen) atoms. The Hall–Kier alpha value is -2.66. The van der Waals surface area contributed by atoms with Gasteiger partial charge in [0.15, 0.2) is 12.3 Å². The van der Waals surface area contributed by atoms with E-state index in [0.717, 1.165) is 20.4 Å². The van der Waals surface area contributed by atoms with Crippen molar-refractivity contribution in [2.45, 2.75) is 30.7 Å². The predicted molar refractivity (Wildman–Crippen MR) is 151 cm³/mol. The molecule has 1 saturated heterocycles. The van der Waals surface area contributed by atoms with E-state index in [2.05, 4.69) is 9.63 Å². The molecule has 15 nitrogen and oxygen atoms in total. The summed E-state index contributed by atoms with van der Waals surface area (Å²) in [6.45, 7) is -0.882. The highest BCUT2D eigenvalue weighted by Crippen LogP contribution is 2.61. The van der Waals surface area contributed by atoms with Crippen molar-refractivity contribution in [3.63, 3.8) is 0 Å². The number of ether oxygens (including phenoxy) is 2. The number of carbonyl (C=O) groups excluding carboxylic acids is 1. The van der Waals surface area contributed by atoms with E-state index in [4.69, 9.17) is 14.0 Å². The van der Waals surface area contributed by atoms with Crippen LogP contribution in [-0.4, -0.2) is 55.5 Å². The van der Waals surface area contributed by atoms with Gasteiger partial charge in [-0.1, -0.05) is 30.3 Å². The molecule has 0 bridgehead atoms. The zero-order valence-electron chi connectivity index (χ0n) is 20.8. The van der Waals surface area contributed by atoms with Crippen LogP contribution in [0.5, 0.6) is 0 Å². The van der Waals surface area contributed by atoms with Gasteiger partial charge in [0.05, 0.1) is 12.8 Å². The number of aromatic amines is 1. The van der Waals surface area contributed by atoms with Crippen LogP contribution in [-0.2, 0) is 33.6 Å². The number of amides is 1. The number of carbonyl (C=O) groups is 1. The average molecular weight is 723 g/mol. The fourth-order valence-electron chi connectivity index (χ4n) is 3.83. The molecular weight excluding hydrogens is 699 g/mol. The van der Waals surface area contributed by atoms with Crippen molar-refractivity contribution in [3.8, 4) is 0 Å². The average Bonchev–Trinajstić information content (AvgIpc) is 3.18. The Balaban J connectivity index is 1.46. The molecule has 1 amide bonds. The van der Waals surface area contributed by atoms with E-state index in [-0.39, 0.29) is 0 Å². The van der Waals surface area contributed by atoms with Crippen LogP contribution in [0, 0.1) is 3.57 Å². The van der Waals surface area contributed by atoms with Crippen LogP contribution in [0.4, 0.5) is 10.5 Å². The lowest BCUT2D eigenvalue weighted by Gasteiger charge is -2.22. The minimum Gasteiger partial charge on any atom is -0.438 e. The van der Waals surface area contributed by atoms with Crippen molar-refractivity contribution in [1.29, 1.82) is 0 Å². The number of hydrogen-bond acceptors (Lipinski definition) is 10. The lowest BCUT2D eigenvalue weighted by molar-refractivity contribution is -0.0550. The molecule has 18 heteroatoms. The fraction of sp³-hybridized carbons (Fsp3) is 0.261. The van der Waals surface area contributed by atoms with Gasteiger partial charge in [0.25, 0.3) is 5.56 Å².